The van der Waals surface area contributed by atoms with E-state index in [0.717, 1.165) is 31.2 Å². The third kappa shape index (κ3) is 3.37. The molecule has 0 aromatic heterocycles. The molecule has 1 aliphatic heterocycles. The first-order valence-electron chi connectivity index (χ1n) is 6.47. The third-order valence-electron chi connectivity index (χ3n) is 3.28. The number of rotatable bonds is 6. The van der Waals surface area contributed by atoms with E-state index >= 15 is 0 Å². The van der Waals surface area contributed by atoms with E-state index in [-0.39, 0.29) is 0 Å². The van der Waals surface area contributed by atoms with Crippen LogP contribution in [-0.2, 0) is 11.3 Å². The van der Waals surface area contributed by atoms with Crippen molar-refractivity contribution in [3.8, 4) is 11.5 Å². The van der Waals surface area contributed by atoms with E-state index in [1.807, 2.05) is 12.1 Å². The molecule has 18 heavy (non-hydrogen) atoms. The highest BCUT2D eigenvalue weighted by molar-refractivity contribution is 5.42. The topological polar surface area (TPSA) is 44.3 Å². The summed E-state index contributed by atoms with van der Waals surface area (Å²) < 4.78 is 16.1. The van der Waals surface area contributed by atoms with Gasteiger partial charge in [0.05, 0.1) is 14.2 Å². The van der Waals surface area contributed by atoms with E-state index in [4.69, 9.17) is 14.2 Å². The summed E-state index contributed by atoms with van der Waals surface area (Å²) >= 11 is 0. The Labute approximate surface area is 108 Å². The monoisotopic (exact) mass is 252 g/mol. The lowest BCUT2D eigenvalue weighted by Crippen LogP contribution is -2.84. The molecule has 1 heterocycles. The molecule has 1 aromatic carbocycles. The fourth-order valence-corrected chi connectivity index (χ4v) is 2.27. The van der Waals surface area contributed by atoms with Gasteiger partial charge in [-0.15, -0.1) is 0 Å². The van der Waals surface area contributed by atoms with Crippen LogP contribution < -0.4 is 14.8 Å². The molecule has 0 unspecified atom stereocenters. The van der Waals surface area contributed by atoms with Crippen LogP contribution in [0.1, 0.15) is 18.4 Å². The molecule has 1 saturated heterocycles. The second kappa shape index (κ2) is 6.61. The number of benzene rings is 1. The third-order valence-corrected chi connectivity index (χ3v) is 3.28. The van der Waals surface area contributed by atoms with E-state index in [9.17, 15) is 0 Å². The molecule has 0 saturated carbocycles. The Morgan fingerprint density at radius 3 is 2.78 bits per heavy atom. The fourth-order valence-electron chi connectivity index (χ4n) is 2.27. The Hall–Kier alpha value is -1.26. The first kappa shape index (κ1) is 13.2. The first-order chi connectivity index (χ1) is 8.83. The van der Waals surface area contributed by atoms with E-state index in [1.165, 1.54) is 18.4 Å². The van der Waals surface area contributed by atoms with Gasteiger partial charge in [-0.05, 0) is 31.0 Å². The molecule has 1 atom stereocenters. The van der Waals surface area contributed by atoms with E-state index < -0.39 is 0 Å². The molecular weight excluding hydrogens is 230 g/mol. The normalized spacial score (nSPS) is 18.9. The van der Waals surface area contributed by atoms with Gasteiger partial charge in [-0.1, -0.05) is 0 Å². The van der Waals surface area contributed by atoms with Crippen LogP contribution in [0.3, 0.4) is 0 Å². The van der Waals surface area contributed by atoms with Crippen LogP contribution in [-0.4, -0.2) is 33.5 Å². The molecular formula is C14H22NO3+. The summed E-state index contributed by atoms with van der Waals surface area (Å²) in [6.07, 6.45) is 2.84. The Balaban J connectivity index is 1.84. The van der Waals surface area contributed by atoms with E-state index in [1.54, 1.807) is 14.2 Å². The number of quaternary nitrogens is 1. The van der Waals surface area contributed by atoms with Crippen molar-refractivity contribution < 1.29 is 19.5 Å². The molecule has 100 valence electrons. The molecule has 0 bridgehead atoms. The second-order valence-corrected chi connectivity index (χ2v) is 4.55. The maximum absolute atomic E-state index is 5.60. The Morgan fingerprint density at radius 1 is 1.28 bits per heavy atom. The molecule has 4 heteroatoms. The van der Waals surface area contributed by atoms with Crippen LogP contribution >= 0.6 is 0 Å². The van der Waals surface area contributed by atoms with Crippen LogP contribution in [0, 0.1) is 0 Å². The van der Waals surface area contributed by atoms with Gasteiger partial charge in [0, 0.05) is 12.2 Å². The lowest BCUT2D eigenvalue weighted by atomic mass is 10.2. The summed E-state index contributed by atoms with van der Waals surface area (Å²) in [6, 6.07) is 6.06. The maximum Gasteiger partial charge on any atom is 0.161 e. The lowest BCUT2D eigenvalue weighted by Gasteiger charge is -2.10. The lowest BCUT2D eigenvalue weighted by molar-refractivity contribution is -0.676. The minimum absolute atomic E-state index is 0.435. The van der Waals surface area contributed by atoms with Crippen LogP contribution in [0.4, 0.5) is 0 Å². The summed E-state index contributed by atoms with van der Waals surface area (Å²) in [7, 11) is 3.32. The van der Waals surface area contributed by atoms with Gasteiger partial charge in [-0.25, -0.2) is 0 Å². The Morgan fingerprint density at radius 2 is 2.11 bits per heavy atom. The number of nitrogens with two attached hydrogens (primary N) is 1. The van der Waals surface area contributed by atoms with Crippen molar-refractivity contribution in [2.45, 2.75) is 25.5 Å². The average Bonchev–Trinajstić information content (AvgIpc) is 2.91. The fraction of sp³-hybridized carbons (Fsp3) is 0.571. The average molecular weight is 252 g/mol. The predicted molar refractivity (Wildman–Crippen MR) is 69.0 cm³/mol. The molecule has 2 rings (SSSR count). The van der Waals surface area contributed by atoms with Gasteiger partial charge in [0.15, 0.2) is 11.5 Å². The van der Waals surface area contributed by atoms with Crippen molar-refractivity contribution in [2.75, 3.05) is 27.4 Å². The molecule has 0 spiro atoms. The highest BCUT2D eigenvalue weighted by Gasteiger charge is 2.16. The van der Waals surface area contributed by atoms with Crippen molar-refractivity contribution in [3.63, 3.8) is 0 Å². The minimum atomic E-state index is 0.435. The van der Waals surface area contributed by atoms with E-state index in [2.05, 4.69) is 11.4 Å². The summed E-state index contributed by atoms with van der Waals surface area (Å²) in [6.45, 7) is 2.91. The van der Waals surface area contributed by atoms with Gasteiger partial charge in [0.25, 0.3) is 0 Å². The van der Waals surface area contributed by atoms with Crippen molar-refractivity contribution >= 4 is 0 Å². The predicted octanol–water partition coefficient (Wildman–Crippen LogP) is 0.946. The molecule has 1 aromatic rings. The van der Waals surface area contributed by atoms with E-state index in [0.29, 0.717) is 6.10 Å². The van der Waals surface area contributed by atoms with Crippen molar-refractivity contribution in [1.29, 1.82) is 0 Å². The van der Waals surface area contributed by atoms with Crippen LogP contribution in [0.15, 0.2) is 18.2 Å². The molecule has 1 aliphatic rings. The summed E-state index contributed by atoms with van der Waals surface area (Å²) in [5.41, 5.74) is 1.24. The van der Waals surface area contributed by atoms with Crippen LogP contribution in [0.5, 0.6) is 11.5 Å². The number of ether oxygens (including phenoxy) is 3. The molecule has 0 radical (unpaired) electrons. The molecule has 4 nitrogen and oxygen atoms in total. The first-order valence-corrected chi connectivity index (χ1v) is 6.47. The standard InChI is InChI=1S/C14H21NO3/c1-16-13-6-5-11(8-14(13)17-2)9-15-10-12-4-3-7-18-12/h5-6,8,12,15H,3-4,7,9-10H2,1-2H3/p+1/t12-/m1/s1. The zero-order chi connectivity index (χ0) is 12.8. The Bertz CT molecular complexity index is 375. The molecule has 1 fully saturated rings. The molecule has 2 N–H and O–H groups in total. The summed E-state index contributed by atoms with van der Waals surface area (Å²) in [5.74, 6) is 1.57. The van der Waals surface area contributed by atoms with Gasteiger partial charge < -0.3 is 19.5 Å². The number of hydrogen-bond acceptors (Lipinski definition) is 3. The van der Waals surface area contributed by atoms with Gasteiger partial charge in [-0.2, -0.15) is 0 Å². The minimum Gasteiger partial charge on any atom is -0.493 e. The SMILES string of the molecule is COc1ccc(C[NH2+]C[C@H]2CCCO2)cc1OC. The highest BCUT2D eigenvalue weighted by atomic mass is 16.5. The zero-order valence-corrected chi connectivity index (χ0v) is 11.1. The second-order valence-electron chi connectivity index (χ2n) is 4.55. The van der Waals surface area contributed by atoms with Crippen molar-refractivity contribution in [2.24, 2.45) is 0 Å². The van der Waals surface area contributed by atoms with Crippen LogP contribution in [0.2, 0.25) is 0 Å². The van der Waals surface area contributed by atoms with Gasteiger partial charge in [0.1, 0.15) is 19.2 Å². The molecule has 0 amide bonds. The summed E-state index contributed by atoms with van der Waals surface area (Å²) in [4.78, 5) is 0. The van der Waals surface area contributed by atoms with Crippen molar-refractivity contribution in [3.05, 3.63) is 23.8 Å². The highest BCUT2D eigenvalue weighted by Crippen LogP contribution is 2.27. The Kier molecular flexibility index (Phi) is 4.84. The smallest absolute Gasteiger partial charge is 0.161 e. The van der Waals surface area contributed by atoms with Gasteiger partial charge in [-0.3, -0.25) is 0 Å². The number of hydrogen-bond donors (Lipinski definition) is 1. The quantitative estimate of drug-likeness (QED) is 0.819. The van der Waals surface area contributed by atoms with Gasteiger partial charge >= 0.3 is 0 Å². The molecule has 0 aliphatic carbocycles. The van der Waals surface area contributed by atoms with Gasteiger partial charge in [0.2, 0.25) is 0 Å². The largest absolute Gasteiger partial charge is 0.493 e. The zero-order valence-electron chi connectivity index (χ0n) is 11.1. The van der Waals surface area contributed by atoms with Crippen LogP contribution in [0.25, 0.3) is 0 Å². The summed E-state index contributed by atoms with van der Waals surface area (Å²) in [5, 5.41) is 2.29. The maximum atomic E-state index is 5.60. The number of methoxy groups -OCH3 is 2. The van der Waals surface area contributed by atoms with Crippen molar-refractivity contribution in [1.82, 2.24) is 0 Å².